The van der Waals surface area contributed by atoms with Crippen LogP contribution in [0, 0.1) is 0 Å². The molecule has 118 valence electrons. The Balaban J connectivity index is 1.80. The van der Waals surface area contributed by atoms with E-state index in [-0.39, 0.29) is 24.4 Å². The van der Waals surface area contributed by atoms with E-state index in [1.165, 1.54) is 0 Å². The molecular formula is C18H23NO3. The van der Waals surface area contributed by atoms with Crippen molar-refractivity contribution in [3.8, 4) is 11.5 Å². The molecule has 0 spiro atoms. The molecule has 3 N–H and O–H groups in total. The van der Waals surface area contributed by atoms with Crippen LogP contribution in [0.4, 0.5) is 0 Å². The van der Waals surface area contributed by atoms with Gasteiger partial charge in [-0.05, 0) is 43.2 Å². The van der Waals surface area contributed by atoms with Crippen molar-refractivity contribution in [2.45, 2.75) is 25.4 Å². The number of phenols is 1. The summed E-state index contributed by atoms with van der Waals surface area (Å²) in [6.45, 7) is 2.62. The first-order valence-electron chi connectivity index (χ1n) is 7.50. The maximum absolute atomic E-state index is 9.52. The summed E-state index contributed by atoms with van der Waals surface area (Å²) in [6, 6.07) is 16.8. The SMILES string of the molecule is CC(COc1ccccc1)NC(CO)Cc1ccc(O)cc1. The van der Waals surface area contributed by atoms with E-state index in [0.29, 0.717) is 13.0 Å². The van der Waals surface area contributed by atoms with Gasteiger partial charge in [0.25, 0.3) is 0 Å². The molecule has 0 aliphatic carbocycles. The predicted octanol–water partition coefficient (Wildman–Crippen LogP) is 2.35. The summed E-state index contributed by atoms with van der Waals surface area (Å²) in [5, 5.41) is 22.2. The quantitative estimate of drug-likeness (QED) is 0.700. The lowest BCUT2D eigenvalue weighted by molar-refractivity contribution is 0.207. The predicted molar refractivity (Wildman–Crippen MR) is 87.2 cm³/mol. The van der Waals surface area contributed by atoms with E-state index in [1.54, 1.807) is 12.1 Å². The molecule has 0 amide bonds. The van der Waals surface area contributed by atoms with Gasteiger partial charge in [0.2, 0.25) is 0 Å². The third-order valence-corrected chi connectivity index (χ3v) is 3.40. The van der Waals surface area contributed by atoms with E-state index in [2.05, 4.69) is 5.32 Å². The summed E-state index contributed by atoms with van der Waals surface area (Å²) >= 11 is 0. The van der Waals surface area contributed by atoms with Crippen LogP contribution in [0.15, 0.2) is 54.6 Å². The van der Waals surface area contributed by atoms with Crippen molar-refractivity contribution < 1.29 is 14.9 Å². The highest BCUT2D eigenvalue weighted by Crippen LogP contribution is 2.12. The third kappa shape index (κ3) is 5.39. The van der Waals surface area contributed by atoms with Crippen LogP contribution >= 0.6 is 0 Å². The Hall–Kier alpha value is -2.04. The normalized spacial score (nSPS) is 13.5. The van der Waals surface area contributed by atoms with E-state index in [9.17, 15) is 10.2 Å². The van der Waals surface area contributed by atoms with Crippen molar-refractivity contribution >= 4 is 0 Å². The Morgan fingerprint density at radius 3 is 2.36 bits per heavy atom. The summed E-state index contributed by atoms with van der Waals surface area (Å²) in [5.74, 6) is 1.09. The highest BCUT2D eigenvalue weighted by Gasteiger charge is 2.12. The summed E-state index contributed by atoms with van der Waals surface area (Å²) in [6.07, 6.45) is 0.701. The Labute approximate surface area is 131 Å². The molecule has 0 aliphatic heterocycles. The number of nitrogens with one attached hydrogen (secondary N) is 1. The van der Waals surface area contributed by atoms with Crippen molar-refractivity contribution in [3.05, 3.63) is 60.2 Å². The van der Waals surface area contributed by atoms with Gasteiger partial charge in [0.15, 0.2) is 0 Å². The fourth-order valence-corrected chi connectivity index (χ4v) is 2.28. The van der Waals surface area contributed by atoms with Crippen molar-refractivity contribution in [1.82, 2.24) is 5.32 Å². The van der Waals surface area contributed by atoms with Crippen molar-refractivity contribution in [3.63, 3.8) is 0 Å². The number of aromatic hydroxyl groups is 1. The van der Waals surface area contributed by atoms with Gasteiger partial charge >= 0.3 is 0 Å². The maximum atomic E-state index is 9.52. The molecule has 2 aromatic rings. The van der Waals surface area contributed by atoms with E-state index in [4.69, 9.17) is 4.74 Å². The molecule has 2 atom stereocenters. The van der Waals surface area contributed by atoms with Crippen LogP contribution in [-0.2, 0) is 6.42 Å². The van der Waals surface area contributed by atoms with E-state index in [0.717, 1.165) is 11.3 Å². The number of aliphatic hydroxyl groups excluding tert-OH is 1. The van der Waals surface area contributed by atoms with Crippen LogP contribution in [0.5, 0.6) is 11.5 Å². The summed E-state index contributed by atoms with van der Waals surface area (Å²) in [5.41, 5.74) is 1.07. The maximum Gasteiger partial charge on any atom is 0.119 e. The van der Waals surface area contributed by atoms with Gasteiger partial charge < -0.3 is 20.3 Å². The molecule has 2 aromatic carbocycles. The Bertz CT molecular complexity index is 542. The van der Waals surface area contributed by atoms with Gasteiger partial charge in [-0.15, -0.1) is 0 Å². The van der Waals surface area contributed by atoms with Crippen LogP contribution < -0.4 is 10.1 Å². The fourth-order valence-electron chi connectivity index (χ4n) is 2.28. The molecule has 0 radical (unpaired) electrons. The van der Waals surface area contributed by atoms with Crippen LogP contribution in [0.2, 0.25) is 0 Å². The third-order valence-electron chi connectivity index (χ3n) is 3.40. The van der Waals surface area contributed by atoms with Gasteiger partial charge in [-0.1, -0.05) is 30.3 Å². The van der Waals surface area contributed by atoms with Gasteiger partial charge in [0, 0.05) is 12.1 Å². The fraction of sp³-hybridized carbons (Fsp3) is 0.333. The molecular weight excluding hydrogens is 278 g/mol. The minimum Gasteiger partial charge on any atom is -0.508 e. The first-order valence-corrected chi connectivity index (χ1v) is 7.50. The van der Waals surface area contributed by atoms with Crippen LogP contribution in [0.1, 0.15) is 12.5 Å². The van der Waals surface area contributed by atoms with Gasteiger partial charge in [-0.3, -0.25) is 0 Å². The van der Waals surface area contributed by atoms with Crippen LogP contribution in [0.3, 0.4) is 0 Å². The van der Waals surface area contributed by atoms with E-state index >= 15 is 0 Å². The monoisotopic (exact) mass is 301 g/mol. The van der Waals surface area contributed by atoms with Gasteiger partial charge in [0.1, 0.15) is 18.1 Å². The number of benzene rings is 2. The number of rotatable bonds is 8. The first kappa shape index (κ1) is 16.3. The molecule has 0 aromatic heterocycles. The minimum atomic E-state index is -0.0427. The van der Waals surface area contributed by atoms with Crippen molar-refractivity contribution in [1.29, 1.82) is 0 Å². The molecule has 0 heterocycles. The second-order valence-corrected chi connectivity index (χ2v) is 5.44. The Morgan fingerprint density at radius 1 is 1.05 bits per heavy atom. The molecule has 0 fully saturated rings. The largest absolute Gasteiger partial charge is 0.508 e. The first-order chi connectivity index (χ1) is 10.7. The lowest BCUT2D eigenvalue weighted by Gasteiger charge is -2.22. The van der Waals surface area contributed by atoms with Crippen molar-refractivity contribution in [2.75, 3.05) is 13.2 Å². The molecule has 22 heavy (non-hydrogen) atoms. The molecule has 0 aliphatic rings. The Kier molecular flexibility index (Phi) is 6.25. The smallest absolute Gasteiger partial charge is 0.119 e. The molecule has 0 bridgehead atoms. The topological polar surface area (TPSA) is 61.7 Å². The molecule has 4 heteroatoms. The lowest BCUT2D eigenvalue weighted by atomic mass is 10.1. The average molecular weight is 301 g/mol. The zero-order chi connectivity index (χ0) is 15.8. The minimum absolute atomic E-state index is 0.0427. The number of hydrogen-bond acceptors (Lipinski definition) is 4. The standard InChI is InChI=1S/C18H23NO3/c1-14(13-22-18-5-3-2-4-6-18)19-16(12-20)11-15-7-9-17(21)10-8-15/h2-10,14,16,19-21H,11-13H2,1H3. The lowest BCUT2D eigenvalue weighted by Crippen LogP contribution is -2.43. The van der Waals surface area contributed by atoms with Crippen LogP contribution in [0.25, 0.3) is 0 Å². The highest BCUT2D eigenvalue weighted by atomic mass is 16.5. The van der Waals surface area contributed by atoms with Crippen molar-refractivity contribution in [2.24, 2.45) is 0 Å². The van der Waals surface area contributed by atoms with E-state index < -0.39 is 0 Å². The summed E-state index contributed by atoms with van der Waals surface area (Å²) in [7, 11) is 0. The van der Waals surface area contributed by atoms with E-state index in [1.807, 2.05) is 49.4 Å². The zero-order valence-electron chi connectivity index (χ0n) is 12.8. The van der Waals surface area contributed by atoms with Gasteiger partial charge in [-0.25, -0.2) is 0 Å². The Morgan fingerprint density at radius 2 is 1.73 bits per heavy atom. The zero-order valence-corrected chi connectivity index (χ0v) is 12.8. The van der Waals surface area contributed by atoms with Gasteiger partial charge in [0.05, 0.1) is 6.61 Å². The average Bonchev–Trinajstić information content (AvgIpc) is 2.55. The molecule has 0 saturated carbocycles. The van der Waals surface area contributed by atoms with Crippen LogP contribution in [-0.4, -0.2) is 35.5 Å². The number of para-hydroxylation sites is 1. The summed E-state index contributed by atoms with van der Waals surface area (Å²) in [4.78, 5) is 0. The highest BCUT2D eigenvalue weighted by molar-refractivity contribution is 5.26. The van der Waals surface area contributed by atoms with Gasteiger partial charge in [-0.2, -0.15) is 0 Å². The molecule has 4 nitrogen and oxygen atoms in total. The number of hydrogen-bond donors (Lipinski definition) is 3. The second kappa shape index (κ2) is 8.41. The molecule has 2 rings (SSSR count). The molecule has 0 saturated heterocycles. The summed E-state index contributed by atoms with van der Waals surface area (Å²) < 4.78 is 5.70. The molecule has 2 unspecified atom stereocenters. The second-order valence-electron chi connectivity index (χ2n) is 5.44. The number of phenolic OH excluding ortho intramolecular Hbond substituents is 1. The number of aliphatic hydroxyl groups is 1. The number of ether oxygens (including phenoxy) is 1.